The monoisotopic (exact) mass is 406 g/mol. The molecule has 1 saturated heterocycles. The van der Waals surface area contributed by atoms with Gasteiger partial charge in [-0.05, 0) is 35.7 Å². The Morgan fingerprint density at radius 1 is 1.19 bits per heavy atom. The quantitative estimate of drug-likeness (QED) is 0.785. The molecule has 0 aliphatic carbocycles. The summed E-state index contributed by atoms with van der Waals surface area (Å²) in [6, 6.07) is 12.0. The first kappa shape index (κ1) is 18.3. The van der Waals surface area contributed by atoms with E-state index in [9.17, 15) is 13.2 Å². The van der Waals surface area contributed by atoms with Crippen molar-refractivity contribution in [3.8, 4) is 5.75 Å². The van der Waals surface area contributed by atoms with E-state index in [0.717, 1.165) is 12.0 Å². The van der Waals surface area contributed by atoms with Crippen LogP contribution in [0.1, 0.15) is 17.2 Å². The summed E-state index contributed by atoms with van der Waals surface area (Å²) in [4.78, 5) is 14.5. The molecule has 2 aromatic carbocycles. The highest BCUT2D eigenvalue weighted by atomic mass is 35.5. The third-order valence-corrected chi connectivity index (χ3v) is 7.28. The second-order valence-corrected chi connectivity index (χ2v) is 8.99. The molecule has 2 heterocycles. The Kier molecular flexibility index (Phi) is 4.61. The third-order valence-electron chi connectivity index (χ3n) is 5.18. The van der Waals surface area contributed by atoms with Crippen molar-refractivity contribution in [3.05, 3.63) is 58.6 Å². The number of rotatable bonds is 3. The number of hydrogen-bond acceptors (Lipinski definition) is 4. The number of methoxy groups -OCH3 is 1. The van der Waals surface area contributed by atoms with Gasteiger partial charge in [0.05, 0.1) is 29.6 Å². The van der Waals surface area contributed by atoms with Crippen LogP contribution in [0.4, 0.5) is 0 Å². The molecule has 1 fully saturated rings. The number of ether oxygens (including phenoxy) is 1. The molecule has 0 saturated carbocycles. The van der Waals surface area contributed by atoms with Crippen LogP contribution in [0.5, 0.6) is 5.75 Å². The van der Waals surface area contributed by atoms with Crippen molar-refractivity contribution in [2.75, 3.05) is 26.7 Å². The van der Waals surface area contributed by atoms with Gasteiger partial charge in [0.2, 0.25) is 15.9 Å². The van der Waals surface area contributed by atoms with Gasteiger partial charge >= 0.3 is 0 Å². The van der Waals surface area contributed by atoms with Gasteiger partial charge in [0.1, 0.15) is 5.75 Å². The second-order valence-electron chi connectivity index (χ2n) is 6.65. The molecule has 0 aromatic heterocycles. The van der Waals surface area contributed by atoms with Gasteiger partial charge in [-0.2, -0.15) is 4.31 Å². The Labute approximate surface area is 163 Å². The molecule has 4 rings (SSSR count). The van der Waals surface area contributed by atoms with Crippen LogP contribution in [0, 0.1) is 0 Å². The fraction of sp³-hybridized carbons (Fsp3) is 0.316. The van der Waals surface area contributed by atoms with Crippen molar-refractivity contribution in [1.82, 2.24) is 9.21 Å². The zero-order valence-electron chi connectivity index (χ0n) is 14.8. The van der Waals surface area contributed by atoms with E-state index in [1.165, 1.54) is 35.2 Å². The molecule has 1 atom stereocenters. The third kappa shape index (κ3) is 3.09. The molecule has 6 nitrogen and oxygen atoms in total. The second kappa shape index (κ2) is 6.82. The van der Waals surface area contributed by atoms with Crippen LogP contribution in [0.15, 0.2) is 47.4 Å². The SMILES string of the molecule is COc1ccc(S(=O)(=O)N2CC(=O)N3CCc4ccccc4C3C2)cc1Cl. The molecule has 142 valence electrons. The van der Waals surface area contributed by atoms with E-state index in [1.54, 1.807) is 4.90 Å². The number of nitrogens with zero attached hydrogens (tertiary/aromatic N) is 2. The number of carbonyl (C=O) groups is 1. The standard InChI is InChI=1S/C19H19ClN2O4S/c1-26-18-7-6-14(10-16(18)20)27(24,25)21-11-17-15-5-3-2-4-13(15)8-9-22(17)19(23)12-21/h2-7,10,17H,8-9,11-12H2,1H3. The highest BCUT2D eigenvalue weighted by Gasteiger charge is 2.41. The fourth-order valence-electron chi connectivity index (χ4n) is 3.79. The molecule has 1 unspecified atom stereocenters. The van der Waals surface area contributed by atoms with Crippen LogP contribution in [0.3, 0.4) is 0 Å². The molecular formula is C19H19ClN2O4S. The largest absolute Gasteiger partial charge is 0.495 e. The van der Waals surface area contributed by atoms with Crippen LogP contribution in [-0.2, 0) is 21.2 Å². The Bertz CT molecular complexity index is 1010. The van der Waals surface area contributed by atoms with E-state index in [0.29, 0.717) is 12.3 Å². The van der Waals surface area contributed by atoms with Crippen LogP contribution >= 0.6 is 11.6 Å². The minimum absolute atomic E-state index is 0.0543. The molecule has 2 aliphatic heterocycles. The lowest BCUT2D eigenvalue weighted by atomic mass is 9.91. The molecular weight excluding hydrogens is 388 g/mol. The van der Waals surface area contributed by atoms with Crippen molar-refractivity contribution >= 4 is 27.5 Å². The first-order valence-corrected chi connectivity index (χ1v) is 10.4. The summed E-state index contributed by atoms with van der Waals surface area (Å²) in [6.07, 6.45) is 0.791. The van der Waals surface area contributed by atoms with Gasteiger partial charge in [-0.3, -0.25) is 4.79 Å². The average Bonchev–Trinajstić information content (AvgIpc) is 2.67. The predicted octanol–water partition coefficient (Wildman–Crippen LogP) is 2.48. The van der Waals surface area contributed by atoms with Gasteiger partial charge in [0.15, 0.2) is 0 Å². The number of halogens is 1. The van der Waals surface area contributed by atoms with Gasteiger partial charge in [-0.1, -0.05) is 35.9 Å². The fourth-order valence-corrected chi connectivity index (χ4v) is 5.53. The summed E-state index contributed by atoms with van der Waals surface area (Å²) in [5, 5.41) is 0.214. The maximum Gasteiger partial charge on any atom is 0.243 e. The van der Waals surface area contributed by atoms with Crippen molar-refractivity contribution < 1.29 is 17.9 Å². The molecule has 27 heavy (non-hydrogen) atoms. The van der Waals surface area contributed by atoms with Gasteiger partial charge < -0.3 is 9.64 Å². The summed E-state index contributed by atoms with van der Waals surface area (Å²) in [7, 11) is -2.38. The van der Waals surface area contributed by atoms with Gasteiger partial charge in [0, 0.05) is 13.1 Å². The Morgan fingerprint density at radius 2 is 1.96 bits per heavy atom. The number of hydrogen-bond donors (Lipinski definition) is 0. The zero-order valence-corrected chi connectivity index (χ0v) is 16.3. The molecule has 0 spiro atoms. The number of amides is 1. The Hall–Kier alpha value is -2.09. The molecule has 1 amide bonds. The van der Waals surface area contributed by atoms with E-state index < -0.39 is 10.0 Å². The van der Waals surface area contributed by atoms with Gasteiger partial charge in [-0.15, -0.1) is 0 Å². The van der Waals surface area contributed by atoms with E-state index in [4.69, 9.17) is 16.3 Å². The maximum atomic E-state index is 13.1. The van der Waals surface area contributed by atoms with Crippen molar-refractivity contribution in [1.29, 1.82) is 0 Å². The molecule has 0 N–H and O–H groups in total. The Balaban J connectivity index is 1.69. The van der Waals surface area contributed by atoms with E-state index in [-0.39, 0.29) is 35.0 Å². The maximum absolute atomic E-state index is 13.1. The highest BCUT2D eigenvalue weighted by Crippen LogP contribution is 2.35. The number of fused-ring (bicyclic) bond motifs is 3. The number of benzene rings is 2. The van der Waals surface area contributed by atoms with Crippen molar-refractivity contribution in [3.63, 3.8) is 0 Å². The predicted molar refractivity (Wildman–Crippen MR) is 101 cm³/mol. The number of carbonyl (C=O) groups excluding carboxylic acids is 1. The summed E-state index contributed by atoms with van der Waals surface area (Å²) in [5.41, 5.74) is 2.18. The molecule has 2 aliphatic rings. The summed E-state index contributed by atoms with van der Waals surface area (Å²) >= 11 is 6.10. The normalized spacial score (nSPS) is 20.1. The minimum Gasteiger partial charge on any atom is -0.495 e. The van der Waals surface area contributed by atoms with Crippen molar-refractivity contribution in [2.45, 2.75) is 17.4 Å². The van der Waals surface area contributed by atoms with Crippen LogP contribution in [-0.4, -0.2) is 50.3 Å². The van der Waals surface area contributed by atoms with Gasteiger partial charge in [-0.25, -0.2) is 8.42 Å². The number of sulfonamides is 1. The van der Waals surface area contributed by atoms with Crippen molar-refractivity contribution in [2.24, 2.45) is 0 Å². The lowest BCUT2D eigenvalue weighted by Gasteiger charge is -2.44. The van der Waals surface area contributed by atoms with Crippen LogP contribution < -0.4 is 4.74 Å². The molecule has 0 radical (unpaired) electrons. The first-order valence-electron chi connectivity index (χ1n) is 8.63. The van der Waals surface area contributed by atoms with Gasteiger partial charge in [0.25, 0.3) is 0 Å². The summed E-state index contributed by atoms with van der Waals surface area (Å²) < 4.78 is 32.6. The Morgan fingerprint density at radius 3 is 2.70 bits per heavy atom. The minimum atomic E-state index is -3.85. The summed E-state index contributed by atoms with van der Waals surface area (Å²) in [5.74, 6) is 0.224. The zero-order chi connectivity index (χ0) is 19.2. The average molecular weight is 407 g/mol. The topological polar surface area (TPSA) is 66.9 Å². The van der Waals surface area contributed by atoms with E-state index in [1.807, 2.05) is 24.3 Å². The molecule has 2 aromatic rings. The van der Waals surface area contributed by atoms with E-state index in [2.05, 4.69) is 0 Å². The molecule has 0 bridgehead atoms. The first-order chi connectivity index (χ1) is 12.9. The smallest absolute Gasteiger partial charge is 0.243 e. The van der Waals surface area contributed by atoms with E-state index >= 15 is 0 Å². The lowest BCUT2D eigenvalue weighted by molar-refractivity contribution is -0.138. The highest BCUT2D eigenvalue weighted by molar-refractivity contribution is 7.89. The summed E-state index contributed by atoms with van der Waals surface area (Å²) in [6.45, 7) is 0.683. The molecule has 8 heteroatoms. The lowest BCUT2D eigenvalue weighted by Crippen LogP contribution is -2.55. The van der Waals surface area contributed by atoms with Crippen LogP contribution in [0.2, 0.25) is 5.02 Å². The van der Waals surface area contributed by atoms with Crippen LogP contribution in [0.25, 0.3) is 0 Å². The number of piperazine rings is 1.